The summed E-state index contributed by atoms with van der Waals surface area (Å²) in [7, 11) is 2.98. The highest BCUT2D eigenvalue weighted by Crippen LogP contribution is 2.29. The van der Waals surface area contributed by atoms with Crippen molar-refractivity contribution in [2.75, 3.05) is 66.6 Å². The van der Waals surface area contributed by atoms with Crippen molar-refractivity contribution in [3.8, 4) is 0 Å². The lowest BCUT2D eigenvalue weighted by molar-refractivity contribution is -0.116. The molecule has 1 aliphatic carbocycles. The van der Waals surface area contributed by atoms with Crippen molar-refractivity contribution >= 4 is 23.6 Å². The molecular weight excluding hydrogens is 716 g/mol. The Hall–Kier alpha value is -3.82. The van der Waals surface area contributed by atoms with Crippen molar-refractivity contribution in [1.29, 1.82) is 0 Å². The molecule has 7 N–H and O–H groups in total. The quantitative estimate of drug-likeness (QED) is 0.0298. The lowest BCUT2D eigenvalue weighted by atomic mass is 9.85. The van der Waals surface area contributed by atoms with Crippen LogP contribution in [-0.4, -0.2) is 129 Å². The molecule has 56 heavy (non-hydrogen) atoms. The van der Waals surface area contributed by atoms with Gasteiger partial charge in [0.1, 0.15) is 6.10 Å². The minimum absolute atomic E-state index is 0.139. The fourth-order valence-electron chi connectivity index (χ4n) is 7.66. The molecule has 0 aromatic rings. The number of methoxy groups -OCH3 is 2. The molecule has 3 rings (SSSR count). The van der Waals surface area contributed by atoms with Gasteiger partial charge in [0.25, 0.3) is 0 Å². The Morgan fingerprint density at radius 2 is 1.52 bits per heavy atom. The first-order valence-corrected chi connectivity index (χ1v) is 20.2. The topological polar surface area (TPSA) is 199 Å². The van der Waals surface area contributed by atoms with Crippen LogP contribution in [0, 0.1) is 11.8 Å². The Labute approximate surface area is 333 Å². The molecule has 0 radical (unpaired) electrons. The van der Waals surface area contributed by atoms with Crippen LogP contribution in [0.4, 0.5) is 4.79 Å². The van der Waals surface area contributed by atoms with Crippen molar-refractivity contribution in [3.05, 3.63) is 58.5 Å². The maximum Gasteiger partial charge on any atom is 0.405 e. The standard InChI is InChI=1S/C42H68N6O8/c1-28(25-36(55-6)38(50)30(3)26-31(4)40(56-42(44)53)35(54-5)15-11-14-29(2)41(43)52)24-32-37(46-17-13-23-48-20-9-10-21-48)34(49)27-33(39(32)51)45-16-12-22-47-18-7-8-19-47/h11,14-15,26-28,30,35-36,38,40,45-46,50H,7-10,12-13,16-25H2,1-6H3,(H2,43,52)(H2,44,53)/b15-11+,29-14-,31-26+/t28-,30+,35+,36+,38-,40+/m1/s1. The molecule has 14 heteroatoms. The number of hydrogen-bond acceptors (Lipinski definition) is 12. The van der Waals surface area contributed by atoms with Crippen molar-refractivity contribution in [2.45, 2.75) is 103 Å². The smallest absolute Gasteiger partial charge is 0.405 e. The number of allylic oxidation sites excluding steroid dienone is 4. The zero-order chi connectivity index (χ0) is 41.2. The SMILES string of the molecule is CO[C@@H](/C=C/C=C(/C)C(N)=O)[C@@H](OC(N)=O)/C(C)=C/[C@H](C)[C@@H](O)[C@H](C[C@H](C)CC1=C(NCCCN2CCCC2)C(=O)C=C(NCCCN2CCCC2)C1=O)OC. The fourth-order valence-corrected chi connectivity index (χ4v) is 7.66. The van der Waals surface area contributed by atoms with Gasteiger partial charge in [-0.15, -0.1) is 0 Å². The molecule has 6 atom stereocenters. The number of ketones is 2. The van der Waals surface area contributed by atoms with Gasteiger partial charge in [0.2, 0.25) is 17.5 Å². The molecule has 0 unspecified atom stereocenters. The Bertz CT molecular complexity index is 1480. The predicted molar refractivity (Wildman–Crippen MR) is 217 cm³/mol. The number of hydrogen-bond donors (Lipinski definition) is 5. The Kier molecular flexibility index (Phi) is 20.0. The molecule has 0 aromatic heterocycles. The Balaban J connectivity index is 1.72. The summed E-state index contributed by atoms with van der Waals surface area (Å²) in [6, 6.07) is 0. The molecule has 0 bridgehead atoms. The number of nitrogens with two attached hydrogens (primary N) is 2. The summed E-state index contributed by atoms with van der Waals surface area (Å²) in [6.45, 7) is 14.6. The zero-order valence-electron chi connectivity index (χ0n) is 34.5. The summed E-state index contributed by atoms with van der Waals surface area (Å²) in [5.74, 6) is -1.55. The molecular formula is C42H68N6O8. The monoisotopic (exact) mass is 785 g/mol. The molecule has 3 aliphatic rings. The van der Waals surface area contributed by atoms with Crippen LogP contribution >= 0.6 is 0 Å². The number of likely N-dealkylation sites (tertiary alicyclic amines) is 2. The van der Waals surface area contributed by atoms with E-state index in [2.05, 4.69) is 20.4 Å². The third kappa shape index (κ3) is 14.9. The Morgan fingerprint density at radius 1 is 0.929 bits per heavy atom. The number of carbonyl (C=O) groups excluding carboxylic acids is 4. The van der Waals surface area contributed by atoms with E-state index >= 15 is 0 Å². The van der Waals surface area contributed by atoms with E-state index in [0.717, 1.165) is 52.1 Å². The molecule has 0 saturated carbocycles. The van der Waals surface area contributed by atoms with E-state index in [4.69, 9.17) is 25.7 Å². The number of carbonyl (C=O) groups is 4. The average Bonchev–Trinajstić information content (AvgIpc) is 3.89. The summed E-state index contributed by atoms with van der Waals surface area (Å²) in [4.78, 5) is 55.7. The van der Waals surface area contributed by atoms with Crippen molar-refractivity contribution in [2.24, 2.45) is 23.3 Å². The minimum atomic E-state index is -1.00. The van der Waals surface area contributed by atoms with Gasteiger partial charge >= 0.3 is 6.09 Å². The van der Waals surface area contributed by atoms with Crippen molar-refractivity contribution in [3.63, 3.8) is 0 Å². The van der Waals surface area contributed by atoms with Gasteiger partial charge in [-0.05, 0) is 116 Å². The molecule has 2 aliphatic heterocycles. The third-order valence-corrected chi connectivity index (χ3v) is 10.9. The van der Waals surface area contributed by atoms with Crippen LogP contribution in [0.3, 0.4) is 0 Å². The van der Waals surface area contributed by atoms with E-state index in [9.17, 15) is 24.3 Å². The van der Waals surface area contributed by atoms with Gasteiger partial charge in [0.05, 0.1) is 23.6 Å². The number of nitrogens with one attached hydrogen (secondary N) is 2. The van der Waals surface area contributed by atoms with Crippen LogP contribution in [0.5, 0.6) is 0 Å². The van der Waals surface area contributed by atoms with E-state index in [1.54, 1.807) is 32.1 Å². The van der Waals surface area contributed by atoms with Gasteiger partial charge in [-0.1, -0.05) is 38.2 Å². The van der Waals surface area contributed by atoms with E-state index in [0.29, 0.717) is 54.0 Å². The van der Waals surface area contributed by atoms with Crippen LogP contribution in [-0.2, 0) is 28.6 Å². The number of rotatable bonds is 25. The Morgan fingerprint density at radius 3 is 2.05 bits per heavy atom. The number of aliphatic hydroxyl groups is 1. The molecule has 2 saturated heterocycles. The van der Waals surface area contributed by atoms with Gasteiger partial charge in [0, 0.05) is 50.4 Å². The van der Waals surface area contributed by atoms with Crippen LogP contribution < -0.4 is 22.1 Å². The van der Waals surface area contributed by atoms with Crippen LogP contribution in [0.25, 0.3) is 0 Å². The third-order valence-electron chi connectivity index (χ3n) is 10.9. The zero-order valence-corrected chi connectivity index (χ0v) is 34.5. The lowest BCUT2D eigenvalue weighted by Crippen LogP contribution is -2.37. The second kappa shape index (κ2) is 24.1. The first kappa shape index (κ1) is 46.6. The van der Waals surface area contributed by atoms with Crippen LogP contribution in [0.2, 0.25) is 0 Å². The van der Waals surface area contributed by atoms with Gasteiger partial charge in [0.15, 0.2) is 6.10 Å². The maximum absolute atomic E-state index is 14.0. The molecule has 2 heterocycles. The van der Waals surface area contributed by atoms with Gasteiger partial charge in [-0.25, -0.2) is 4.79 Å². The van der Waals surface area contributed by atoms with E-state index in [1.165, 1.54) is 52.1 Å². The number of primary amides is 2. The van der Waals surface area contributed by atoms with Crippen molar-refractivity contribution in [1.82, 2.24) is 20.4 Å². The number of Topliss-reactive ketones (excluding diaryl/α,β-unsaturated/α-hetero) is 1. The maximum atomic E-state index is 14.0. The highest BCUT2D eigenvalue weighted by atomic mass is 16.6. The number of ether oxygens (including phenoxy) is 3. The summed E-state index contributed by atoms with van der Waals surface area (Å²) >= 11 is 0. The highest BCUT2D eigenvalue weighted by molar-refractivity contribution is 6.22. The fraction of sp³-hybridized carbons (Fsp3) is 0.667. The predicted octanol–water partition coefficient (Wildman–Crippen LogP) is 3.27. The molecule has 0 aromatic carbocycles. The molecule has 314 valence electrons. The summed E-state index contributed by atoms with van der Waals surface area (Å²) in [5, 5.41) is 18.1. The normalized spacial score (nSPS) is 20.9. The number of amides is 2. The lowest BCUT2D eigenvalue weighted by Gasteiger charge is -2.30. The summed E-state index contributed by atoms with van der Waals surface area (Å²) < 4.78 is 16.8. The van der Waals surface area contributed by atoms with Gasteiger partial charge in [-0.3, -0.25) is 14.4 Å². The summed E-state index contributed by atoms with van der Waals surface area (Å²) in [6.07, 6.45) is 11.0. The second-order valence-electron chi connectivity index (χ2n) is 15.5. The molecule has 2 fully saturated rings. The second-order valence-corrected chi connectivity index (χ2v) is 15.5. The first-order valence-electron chi connectivity index (χ1n) is 20.2. The van der Waals surface area contributed by atoms with Crippen LogP contribution in [0.1, 0.15) is 79.1 Å². The van der Waals surface area contributed by atoms with E-state index in [-0.39, 0.29) is 17.5 Å². The molecule has 14 nitrogen and oxygen atoms in total. The van der Waals surface area contributed by atoms with Gasteiger partial charge in [-0.2, -0.15) is 0 Å². The van der Waals surface area contributed by atoms with Gasteiger partial charge < -0.3 is 51.2 Å². The highest BCUT2D eigenvalue weighted by Gasteiger charge is 2.33. The number of nitrogens with zero attached hydrogens (tertiary/aromatic N) is 2. The van der Waals surface area contributed by atoms with Crippen LogP contribution in [0.15, 0.2) is 58.5 Å². The molecule has 0 spiro atoms. The van der Waals surface area contributed by atoms with E-state index < -0.39 is 42.3 Å². The largest absolute Gasteiger partial charge is 0.439 e. The summed E-state index contributed by atoms with van der Waals surface area (Å²) in [5.41, 5.74) is 12.8. The van der Waals surface area contributed by atoms with Crippen molar-refractivity contribution < 1.29 is 38.5 Å². The van der Waals surface area contributed by atoms with E-state index in [1.807, 2.05) is 13.8 Å². The number of aliphatic hydroxyl groups excluding tert-OH is 1. The molecule has 2 amide bonds. The first-order chi connectivity index (χ1) is 26.7. The minimum Gasteiger partial charge on any atom is -0.439 e. The average molecular weight is 785 g/mol.